The van der Waals surface area contributed by atoms with Crippen molar-refractivity contribution >= 4 is 32.2 Å². The lowest BCUT2D eigenvalue weighted by molar-refractivity contribution is -0.0158. The van der Waals surface area contributed by atoms with Gasteiger partial charge in [-0.25, -0.2) is 17.8 Å². The number of ether oxygens (including phenoxy) is 1. The number of nitrogens with one attached hydrogen (secondary N) is 1. The molecule has 13 heteroatoms. The predicted molar refractivity (Wildman–Crippen MR) is 130 cm³/mol. The lowest BCUT2D eigenvalue weighted by atomic mass is 9.87. The molecular formula is C23H28F3N5O4S. The molecule has 2 atom stereocenters. The fraction of sp³-hybridized carbons (Fsp3) is 0.522. The van der Waals surface area contributed by atoms with Crippen LogP contribution in [0.15, 0.2) is 29.6 Å². The van der Waals surface area contributed by atoms with Gasteiger partial charge in [0.2, 0.25) is 5.88 Å². The summed E-state index contributed by atoms with van der Waals surface area (Å²) >= 11 is 0. The molecule has 4 rings (SSSR count). The maximum atomic E-state index is 15.1. The van der Waals surface area contributed by atoms with Crippen LogP contribution in [0.1, 0.15) is 19.0 Å². The highest BCUT2D eigenvalue weighted by Gasteiger charge is 2.39. The lowest BCUT2D eigenvalue weighted by Crippen LogP contribution is -2.40. The summed E-state index contributed by atoms with van der Waals surface area (Å²) in [6, 6.07) is 1.11. The molecule has 0 aromatic carbocycles. The van der Waals surface area contributed by atoms with Crippen LogP contribution >= 0.6 is 0 Å². The van der Waals surface area contributed by atoms with E-state index in [0.29, 0.717) is 28.2 Å². The van der Waals surface area contributed by atoms with E-state index in [4.69, 9.17) is 9.84 Å². The lowest BCUT2D eigenvalue weighted by Gasteiger charge is -2.30. The molecule has 1 saturated heterocycles. The Balaban J connectivity index is 1.70. The number of alkyl halides is 2. The number of aromatic nitrogens is 3. The van der Waals surface area contributed by atoms with E-state index in [2.05, 4.69) is 20.5 Å². The SMILES string of the molecule is COc1nc2c(C)nnc(N[C@H](C)C3CC=CC(C(F)(F)CO)=C3F)c2cc1N1CCS(=O)(=O)CC1. The molecule has 0 bridgehead atoms. The van der Waals surface area contributed by atoms with Crippen molar-refractivity contribution in [2.24, 2.45) is 5.92 Å². The van der Waals surface area contributed by atoms with E-state index in [1.807, 2.05) is 4.90 Å². The van der Waals surface area contributed by atoms with Crippen molar-refractivity contribution in [2.75, 3.05) is 48.5 Å². The number of rotatable bonds is 7. The van der Waals surface area contributed by atoms with Crippen LogP contribution in [0, 0.1) is 12.8 Å². The topological polar surface area (TPSA) is 118 Å². The van der Waals surface area contributed by atoms with E-state index < -0.39 is 45.7 Å². The predicted octanol–water partition coefficient (Wildman–Crippen LogP) is 2.80. The molecule has 0 radical (unpaired) electrons. The number of sulfone groups is 1. The summed E-state index contributed by atoms with van der Waals surface area (Å²) in [5, 5.41) is 21.0. The Morgan fingerprint density at radius 1 is 1.31 bits per heavy atom. The van der Waals surface area contributed by atoms with Crippen LogP contribution in [0.5, 0.6) is 5.88 Å². The van der Waals surface area contributed by atoms with Crippen LogP contribution in [-0.4, -0.2) is 79.0 Å². The van der Waals surface area contributed by atoms with Gasteiger partial charge in [0.25, 0.3) is 5.92 Å². The highest BCUT2D eigenvalue weighted by molar-refractivity contribution is 7.91. The number of aliphatic hydroxyl groups is 1. The zero-order chi connectivity index (χ0) is 26.3. The van der Waals surface area contributed by atoms with E-state index in [0.717, 1.165) is 6.08 Å². The van der Waals surface area contributed by atoms with Gasteiger partial charge in [-0.2, -0.15) is 13.9 Å². The van der Waals surface area contributed by atoms with Crippen LogP contribution in [0.25, 0.3) is 10.9 Å². The molecule has 196 valence electrons. The monoisotopic (exact) mass is 527 g/mol. The molecular weight excluding hydrogens is 499 g/mol. The molecule has 1 unspecified atom stereocenters. The quantitative estimate of drug-likeness (QED) is 0.561. The molecule has 2 aromatic rings. The molecule has 1 aliphatic heterocycles. The van der Waals surface area contributed by atoms with E-state index in [1.54, 1.807) is 19.9 Å². The number of nitrogens with zero attached hydrogens (tertiary/aromatic N) is 4. The van der Waals surface area contributed by atoms with E-state index in [-0.39, 0.29) is 36.8 Å². The molecule has 3 heterocycles. The number of hydrogen-bond donors (Lipinski definition) is 2. The first kappa shape index (κ1) is 26.1. The van der Waals surface area contributed by atoms with Gasteiger partial charge in [-0.1, -0.05) is 12.2 Å². The number of aryl methyl sites for hydroxylation is 1. The normalized spacial score (nSPS) is 21.1. The molecule has 2 N–H and O–H groups in total. The Hall–Kier alpha value is -2.93. The van der Waals surface area contributed by atoms with Gasteiger partial charge < -0.3 is 20.1 Å². The molecule has 0 spiro atoms. The van der Waals surface area contributed by atoms with Crippen LogP contribution < -0.4 is 15.0 Å². The van der Waals surface area contributed by atoms with Crippen LogP contribution in [0.2, 0.25) is 0 Å². The van der Waals surface area contributed by atoms with Gasteiger partial charge in [0.05, 0.1) is 29.9 Å². The highest BCUT2D eigenvalue weighted by atomic mass is 32.2. The number of anilines is 2. The van der Waals surface area contributed by atoms with Crippen molar-refractivity contribution in [2.45, 2.75) is 32.2 Å². The van der Waals surface area contributed by atoms with Gasteiger partial charge in [0, 0.05) is 30.4 Å². The van der Waals surface area contributed by atoms with Gasteiger partial charge in [-0.05, 0) is 26.3 Å². The van der Waals surface area contributed by atoms with Crippen LogP contribution in [0.4, 0.5) is 24.7 Å². The zero-order valence-electron chi connectivity index (χ0n) is 20.1. The van der Waals surface area contributed by atoms with E-state index in [9.17, 15) is 17.2 Å². The number of hydrogen-bond acceptors (Lipinski definition) is 9. The zero-order valence-corrected chi connectivity index (χ0v) is 20.9. The first-order valence-corrected chi connectivity index (χ1v) is 13.3. The Bertz CT molecular complexity index is 1320. The summed E-state index contributed by atoms with van der Waals surface area (Å²) in [7, 11) is -1.64. The van der Waals surface area contributed by atoms with Crippen molar-refractivity contribution in [1.29, 1.82) is 0 Å². The summed E-state index contributed by atoms with van der Waals surface area (Å²) in [5.74, 6) is -5.00. The maximum Gasteiger partial charge on any atom is 0.298 e. The molecule has 0 saturated carbocycles. The third kappa shape index (κ3) is 4.99. The number of pyridine rings is 1. The van der Waals surface area contributed by atoms with Gasteiger partial charge >= 0.3 is 0 Å². The van der Waals surface area contributed by atoms with Crippen molar-refractivity contribution in [3.8, 4) is 5.88 Å². The largest absolute Gasteiger partial charge is 0.480 e. The first-order chi connectivity index (χ1) is 17.0. The maximum absolute atomic E-state index is 15.1. The molecule has 2 aliphatic rings. The third-order valence-electron chi connectivity index (χ3n) is 6.56. The smallest absolute Gasteiger partial charge is 0.298 e. The Morgan fingerprint density at radius 3 is 2.64 bits per heavy atom. The number of methoxy groups -OCH3 is 1. The first-order valence-electron chi connectivity index (χ1n) is 11.5. The Kier molecular flexibility index (Phi) is 7.15. The summed E-state index contributed by atoms with van der Waals surface area (Å²) in [6.45, 7) is 2.43. The third-order valence-corrected chi connectivity index (χ3v) is 8.17. The molecule has 36 heavy (non-hydrogen) atoms. The molecule has 1 aliphatic carbocycles. The second kappa shape index (κ2) is 9.85. The van der Waals surface area contributed by atoms with Gasteiger partial charge in [0.1, 0.15) is 23.6 Å². The summed E-state index contributed by atoms with van der Waals surface area (Å²) in [6.07, 6.45) is 2.65. The van der Waals surface area contributed by atoms with E-state index >= 15 is 4.39 Å². The minimum atomic E-state index is -3.69. The minimum Gasteiger partial charge on any atom is -0.480 e. The van der Waals surface area contributed by atoms with Crippen LogP contribution in [0.3, 0.4) is 0 Å². The van der Waals surface area contributed by atoms with Crippen molar-refractivity contribution < 1.29 is 31.4 Å². The highest BCUT2D eigenvalue weighted by Crippen LogP contribution is 2.39. The van der Waals surface area contributed by atoms with Crippen molar-refractivity contribution in [1.82, 2.24) is 15.2 Å². The van der Waals surface area contributed by atoms with Gasteiger partial charge in [-0.15, -0.1) is 5.10 Å². The average Bonchev–Trinajstić information content (AvgIpc) is 2.85. The number of halogens is 3. The van der Waals surface area contributed by atoms with Crippen LogP contribution in [-0.2, 0) is 9.84 Å². The molecule has 0 amide bonds. The standard InChI is InChI=1S/C23H28F3N5O4S/c1-13(15-5-4-6-17(19(15)24)23(25,26)12-32)27-21-16-11-18(31-7-9-36(33,34)10-8-31)22(35-3)28-20(16)14(2)29-30-21/h4,6,11,13,15,32H,5,7-10,12H2,1-3H3,(H,27,30)/t13-,15?/m1/s1. The Labute approximate surface area is 207 Å². The fourth-order valence-electron chi connectivity index (χ4n) is 4.44. The summed E-state index contributed by atoms with van der Waals surface area (Å²) in [5.41, 5.74) is 0.755. The number of aliphatic hydroxyl groups excluding tert-OH is 1. The van der Waals surface area contributed by atoms with E-state index in [1.165, 1.54) is 13.2 Å². The fourth-order valence-corrected chi connectivity index (χ4v) is 5.64. The number of allylic oxidation sites excluding steroid dienone is 2. The minimum absolute atomic E-state index is 0.00553. The van der Waals surface area contributed by atoms with Crippen molar-refractivity contribution in [3.05, 3.63) is 35.3 Å². The second-order valence-electron chi connectivity index (χ2n) is 8.99. The molecule has 1 fully saturated rings. The molecule has 2 aromatic heterocycles. The average molecular weight is 528 g/mol. The summed E-state index contributed by atoms with van der Waals surface area (Å²) < 4.78 is 72.4. The number of fused-ring (bicyclic) bond motifs is 1. The Morgan fingerprint density at radius 2 is 2.00 bits per heavy atom. The van der Waals surface area contributed by atoms with Crippen molar-refractivity contribution in [3.63, 3.8) is 0 Å². The summed E-state index contributed by atoms with van der Waals surface area (Å²) in [4.78, 5) is 6.45. The van der Waals surface area contributed by atoms with Gasteiger partial charge in [0.15, 0.2) is 15.7 Å². The molecule has 9 nitrogen and oxygen atoms in total. The second-order valence-corrected chi connectivity index (χ2v) is 11.3. The van der Waals surface area contributed by atoms with Gasteiger partial charge in [-0.3, -0.25) is 0 Å².